The summed E-state index contributed by atoms with van der Waals surface area (Å²) in [5, 5.41) is 8.96. The fraction of sp³-hybridized carbons (Fsp3) is 0.538. The molecule has 1 heterocycles. The zero-order chi connectivity index (χ0) is 12.8. The highest BCUT2D eigenvalue weighted by molar-refractivity contribution is 5.69. The van der Waals surface area contributed by atoms with Gasteiger partial charge in [0.15, 0.2) is 0 Å². The number of rotatable bonds is 6. The van der Waals surface area contributed by atoms with Crippen LogP contribution in [0.15, 0.2) is 24.4 Å². The van der Waals surface area contributed by atoms with Crippen molar-refractivity contribution in [1.82, 2.24) is 9.88 Å². The molecule has 2 unspecified atom stereocenters. The summed E-state index contributed by atoms with van der Waals surface area (Å²) in [4.78, 5) is 17.2. The molecule has 2 atom stereocenters. The van der Waals surface area contributed by atoms with E-state index in [1.807, 2.05) is 36.9 Å². The monoisotopic (exact) mass is 236 g/mol. The zero-order valence-corrected chi connectivity index (χ0v) is 10.6. The molecule has 0 radical (unpaired) electrons. The van der Waals surface area contributed by atoms with E-state index in [4.69, 9.17) is 5.11 Å². The highest BCUT2D eigenvalue weighted by atomic mass is 16.4. The number of hydrogen-bond acceptors (Lipinski definition) is 3. The molecule has 0 amide bonds. The lowest BCUT2D eigenvalue weighted by molar-refractivity contribution is -0.139. The zero-order valence-electron chi connectivity index (χ0n) is 10.6. The predicted octanol–water partition coefficient (Wildman–Crippen LogP) is 2.33. The topological polar surface area (TPSA) is 53.4 Å². The van der Waals surface area contributed by atoms with Gasteiger partial charge in [0.1, 0.15) is 0 Å². The first-order valence-electron chi connectivity index (χ1n) is 5.94. The van der Waals surface area contributed by atoms with E-state index >= 15 is 0 Å². The predicted molar refractivity (Wildman–Crippen MR) is 66.7 cm³/mol. The fourth-order valence-corrected chi connectivity index (χ4v) is 1.86. The highest BCUT2D eigenvalue weighted by Crippen LogP contribution is 2.21. The second-order valence-electron chi connectivity index (χ2n) is 4.25. The lowest BCUT2D eigenvalue weighted by atomic mass is 10.1. The van der Waals surface area contributed by atoms with Crippen LogP contribution in [0.3, 0.4) is 0 Å². The van der Waals surface area contributed by atoms with E-state index in [9.17, 15) is 4.79 Å². The number of hydrogen-bond donors (Lipinski definition) is 1. The number of pyridine rings is 1. The van der Waals surface area contributed by atoms with Crippen LogP contribution in [0, 0.1) is 0 Å². The molecule has 1 aromatic heterocycles. The maximum absolute atomic E-state index is 10.9. The summed E-state index contributed by atoms with van der Waals surface area (Å²) in [6, 6.07) is 5.96. The first-order chi connectivity index (χ1) is 8.06. The number of carbonyl (C=O) groups is 1. The lowest BCUT2D eigenvalue weighted by Crippen LogP contribution is -2.39. The Kier molecular flexibility index (Phi) is 5.10. The van der Waals surface area contributed by atoms with E-state index in [0.717, 1.165) is 12.1 Å². The molecule has 0 aromatic carbocycles. The summed E-state index contributed by atoms with van der Waals surface area (Å²) in [5.41, 5.74) is 0.911. The van der Waals surface area contributed by atoms with Crippen molar-refractivity contribution in [2.24, 2.45) is 0 Å². The van der Waals surface area contributed by atoms with Gasteiger partial charge in [0.25, 0.3) is 0 Å². The second-order valence-corrected chi connectivity index (χ2v) is 4.25. The van der Waals surface area contributed by atoms with Gasteiger partial charge in [-0.2, -0.15) is 0 Å². The molecule has 4 heteroatoms. The third-order valence-corrected chi connectivity index (χ3v) is 3.09. The van der Waals surface area contributed by atoms with Crippen molar-refractivity contribution in [3.63, 3.8) is 0 Å². The van der Waals surface area contributed by atoms with Crippen LogP contribution in [0.2, 0.25) is 0 Å². The summed E-state index contributed by atoms with van der Waals surface area (Å²) in [6.45, 7) is 6.15. The van der Waals surface area contributed by atoms with Gasteiger partial charge in [-0.3, -0.25) is 14.7 Å². The molecule has 1 rings (SSSR count). The van der Waals surface area contributed by atoms with Crippen LogP contribution in [-0.4, -0.2) is 33.5 Å². The van der Waals surface area contributed by atoms with Crippen LogP contribution in [0.25, 0.3) is 0 Å². The fourth-order valence-electron chi connectivity index (χ4n) is 1.86. The number of aromatic nitrogens is 1. The number of aliphatic carboxylic acids is 1. The first-order valence-corrected chi connectivity index (χ1v) is 5.94. The van der Waals surface area contributed by atoms with Gasteiger partial charge in [-0.05, 0) is 32.4 Å². The van der Waals surface area contributed by atoms with Crippen LogP contribution in [-0.2, 0) is 4.79 Å². The van der Waals surface area contributed by atoms with E-state index in [2.05, 4.69) is 11.9 Å². The molecular formula is C13H20N2O2. The second kappa shape index (κ2) is 6.35. The van der Waals surface area contributed by atoms with Crippen molar-refractivity contribution in [1.29, 1.82) is 0 Å². The molecule has 0 aliphatic carbocycles. The number of nitrogens with zero attached hydrogens (tertiary/aromatic N) is 2. The minimum Gasteiger partial charge on any atom is -0.480 e. The average Bonchev–Trinajstić information content (AvgIpc) is 2.35. The molecule has 0 saturated carbocycles. The van der Waals surface area contributed by atoms with E-state index in [0.29, 0.717) is 0 Å². The van der Waals surface area contributed by atoms with Crippen LogP contribution in [0.5, 0.6) is 0 Å². The standard InChI is InChI=1S/C13H20N2O2/c1-4-10(2)15(9-13(16)17)11(3)12-7-5-6-8-14-12/h5-8,10-11H,4,9H2,1-3H3,(H,16,17). The van der Waals surface area contributed by atoms with Crippen LogP contribution < -0.4 is 0 Å². The van der Waals surface area contributed by atoms with Gasteiger partial charge in [-0.15, -0.1) is 0 Å². The molecule has 4 nitrogen and oxygen atoms in total. The van der Waals surface area contributed by atoms with Gasteiger partial charge in [0.2, 0.25) is 0 Å². The molecule has 0 saturated heterocycles. The Balaban J connectivity index is 2.86. The van der Waals surface area contributed by atoms with Gasteiger partial charge < -0.3 is 5.11 Å². The molecule has 0 fully saturated rings. The third-order valence-electron chi connectivity index (χ3n) is 3.09. The van der Waals surface area contributed by atoms with E-state index in [1.54, 1.807) is 6.20 Å². The van der Waals surface area contributed by atoms with Crippen molar-refractivity contribution < 1.29 is 9.90 Å². The molecular weight excluding hydrogens is 216 g/mol. The summed E-state index contributed by atoms with van der Waals surface area (Å²) < 4.78 is 0. The largest absolute Gasteiger partial charge is 0.480 e. The van der Waals surface area contributed by atoms with E-state index < -0.39 is 5.97 Å². The number of carboxylic acids is 1. The maximum Gasteiger partial charge on any atom is 0.317 e. The lowest BCUT2D eigenvalue weighted by Gasteiger charge is -2.32. The smallest absolute Gasteiger partial charge is 0.317 e. The Morgan fingerprint density at radius 1 is 1.47 bits per heavy atom. The SMILES string of the molecule is CCC(C)N(CC(=O)O)C(C)c1ccccn1. The molecule has 17 heavy (non-hydrogen) atoms. The maximum atomic E-state index is 10.9. The third kappa shape index (κ3) is 3.82. The van der Waals surface area contributed by atoms with Gasteiger partial charge in [0.05, 0.1) is 18.3 Å². The van der Waals surface area contributed by atoms with Gasteiger partial charge in [-0.25, -0.2) is 0 Å². The van der Waals surface area contributed by atoms with Crippen LogP contribution in [0.1, 0.15) is 38.9 Å². The van der Waals surface area contributed by atoms with Crippen molar-refractivity contribution in [2.75, 3.05) is 6.54 Å². The average molecular weight is 236 g/mol. The summed E-state index contributed by atoms with van der Waals surface area (Å²) in [7, 11) is 0. The summed E-state index contributed by atoms with van der Waals surface area (Å²) in [6.07, 6.45) is 2.66. The van der Waals surface area contributed by atoms with Gasteiger partial charge >= 0.3 is 5.97 Å². The highest BCUT2D eigenvalue weighted by Gasteiger charge is 2.23. The summed E-state index contributed by atoms with van der Waals surface area (Å²) >= 11 is 0. The summed E-state index contributed by atoms with van der Waals surface area (Å²) in [5.74, 6) is -0.798. The molecule has 0 spiro atoms. The molecule has 1 N–H and O–H groups in total. The van der Waals surface area contributed by atoms with Crippen molar-refractivity contribution in [3.05, 3.63) is 30.1 Å². The van der Waals surface area contributed by atoms with Crippen molar-refractivity contribution in [3.8, 4) is 0 Å². The van der Waals surface area contributed by atoms with Crippen molar-refractivity contribution >= 4 is 5.97 Å². The molecule has 94 valence electrons. The minimum absolute atomic E-state index is 0.0160. The van der Waals surface area contributed by atoms with E-state index in [1.165, 1.54) is 0 Å². The van der Waals surface area contributed by atoms with E-state index in [-0.39, 0.29) is 18.6 Å². The minimum atomic E-state index is -0.798. The first kappa shape index (κ1) is 13.6. The number of carboxylic acid groups (broad SMARTS) is 1. The molecule has 1 aromatic rings. The van der Waals surface area contributed by atoms with Crippen molar-refractivity contribution in [2.45, 2.75) is 39.3 Å². The Bertz CT molecular complexity index is 354. The molecule has 0 bridgehead atoms. The Morgan fingerprint density at radius 3 is 2.65 bits per heavy atom. The van der Waals surface area contributed by atoms with Crippen LogP contribution >= 0.6 is 0 Å². The quantitative estimate of drug-likeness (QED) is 0.823. The normalized spacial score (nSPS) is 14.6. The van der Waals surface area contributed by atoms with Gasteiger partial charge in [-0.1, -0.05) is 13.0 Å². The molecule has 0 aliphatic heterocycles. The molecule has 0 aliphatic rings. The van der Waals surface area contributed by atoms with Crippen LogP contribution in [0.4, 0.5) is 0 Å². The Morgan fingerprint density at radius 2 is 2.18 bits per heavy atom. The Hall–Kier alpha value is -1.42. The Labute approximate surface area is 102 Å². The van der Waals surface area contributed by atoms with Gasteiger partial charge in [0, 0.05) is 12.2 Å².